The molecule has 0 aliphatic carbocycles. The molecule has 0 bridgehead atoms. The van der Waals surface area contributed by atoms with Crippen molar-refractivity contribution in [2.75, 3.05) is 13.1 Å². The lowest BCUT2D eigenvalue weighted by Crippen LogP contribution is -2.46. The molecule has 2 aromatic rings. The van der Waals surface area contributed by atoms with Crippen LogP contribution in [-0.4, -0.2) is 23.8 Å². The molecule has 0 aromatic heterocycles. The van der Waals surface area contributed by atoms with Crippen LogP contribution >= 0.6 is 0 Å². The average molecular weight is 335 g/mol. The molecule has 0 atom stereocenters. The SMILES string of the molecule is CC(=O)C1(c2ccccc2C(C)C)CCN(Cc2ccccc2)CC1. The highest BCUT2D eigenvalue weighted by molar-refractivity contribution is 5.88. The lowest BCUT2D eigenvalue weighted by Gasteiger charge is -2.42. The van der Waals surface area contributed by atoms with E-state index in [-0.39, 0.29) is 5.41 Å². The third-order valence-corrected chi connectivity index (χ3v) is 5.73. The molecule has 0 amide bonds. The summed E-state index contributed by atoms with van der Waals surface area (Å²) in [6.45, 7) is 9.14. The zero-order valence-corrected chi connectivity index (χ0v) is 15.7. The fraction of sp³-hybridized carbons (Fsp3) is 0.435. The Labute approximate surface area is 151 Å². The molecule has 132 valence electrons. The van der Waals surface area contributed by atoms with E-state index in [2.05, 4.69) is 73.3 Å². The number of Topliss-reactive ketones (excluding diaryl/α,β-unsaturated/α-hetero) is 1. The van der Waals surface area contributed by atoms with Gasteiger partial charge < -0.3 is 0 Å². The van der Waals surface area contributed by atoms with Gasteiger partial charge in [0.2, 0.25) is 0 Å². The van der Waals surface area contributed by atoms with Gasteiger partial charge in [0.15, 0.2) is 0 Å². The molecule has 0 unspecified atom stereocenters. The van der Waals surface area contributed by atoms with Crippen molar-refractivity contribution >= 4 is 5.78 Å². The fourth-order valence-electron chi connectivity index (χ4n) is 4.18. The smallest absolute Gasteiger partial charge is 0.140 e. The minimum atomic E-state index is -0.311. The summed E-state index contributed by atoms with van der Waals surface area (Å²) < 4.78 is 0. The van der Waals surface area contributed by atoms with Gasteiger partial charge in [-0.15, -0.1) is 0 Å². The zero-order valence-electron chi connectivity index (χ0n) is 15.7. The van der Waals surface area contributed by atoms with Crippen molar-refractivity contribution in [1.29, 1.82) is 0 Å². The number of nitrogens with zero attached hydrogens (tertiary/aromatic N) is 1. The average Bonchev–Trinajstić information content (AvgIpc) is 2.63. The molecule has 0 saturated carbocycles. The van der Waals surface area contributed by atoms with Crippen molar-refractivity contribution in [3.63, 3.8) is 0 Å². The highest BCUT2D eigenvalue weighted by atomic mass is 16.1. The van der Waals surface area contributed by atoms with Gasteiger partial charge in [0.25, 0.3) is 0 Å². The van der Waals surface area contributed by atoms with E-state index in [4.69, 9.17) is 0 Å². The van der Waals surface area contributed by atoms with E-state index in [0.717, 1.165) is 32.5 Å². The lowest BCUT2D eigenvalue weighted by molar-refractivity contribution is -0.124. The number of benzene rings is 2. The quantitative estimate of drug-likeness (QED) is 0.772. The molecule has 0 radical (unpaired) electrons. The highest BCUT2D eigenvalue weighted by Gasteiger charge is 2.41. The Morgan fingerprint density at radius 2 is 1.60 bits per heavy atom. The van der Waals surface area contributed by atoms with Crippen LogP contribution in [0.3, 0.4) is 0 Å². The maximum atomic E-state index is 12.7. The number of hydrogen-bond acceptors (Lipinski definition) is 2. The normalized spacial score (nSPS) is 17.6. The summed E-state index contributed by atoms with van der Waals surface area (Å²) in [5, 5.41) is 0. The van der Waals surface area contributed by atoms with Crippen molar-refractivity contribution in [2.24, 2.45) is 0 Å². The maximum absolute atomic E-state index is 12.7. The molecule has 1 saturated heterocycles. The first-order chi connectivity index (χ1) is 12.0. The topological polar surface area (TPSA) is 20.3 Å². The Morgan fingerprint density at radius 1 is 1.00 bits per heavy atom. The van der Waals surface area contributed by atoms with Gasteiger partial charge in [0.05, 0.1) is 5.41 Å². The van der Waals surface area contributed by atoms with Crippen LogP contribution < -0.4 is 0 Å². The molecule has 25 heavy (non-hydrogen) atoms. The Morgan fingerprint density at radius 3 is 2.20 bits per heavy atom. The van der Waals surface area contributed by atoms with Crippen LogP contribution in [0.1, 0.15) is 56.2 Å². The highest BCUT2D eigenvalue weighted by Crippen LogP contribution is 2.40. The van der Waals surface area contributed by atoms with Gasteiger partial charge in [-0.2, -0.15) is 0 Å². The summed E-state index contributed by atoms with van der Waals surface area (Å²) in [4.78, 5) is 15.2. The summed E-state index contributed by atoms with van der Waals surface area (Å²) in [5.74, 6) is 0.759. The zero-order chi connectivity index (χ0) is 17.9. The second-order valence-electron chi connectivity index (χ2n) is 7.64. The molecule has 0 N–H and O–H groups in total. The Hall–Kier alpha value is -1.93. The van der Waals surface area contributed by atoms with Crippen molar-refractivity contribution in [3.8, 4) is 0 Å². The van der Waals surface area contributed by atoms with Crippen molar-refractivity contribution in [1.82, 2.24) is 4.90 Å². The molecular weight excluding hydrogens is 306 g/mol. The molecule has 0 spiro atoms. The molecule has 1 aliphatic heterocycles. The van der Waals surface area contributed by atoms with Gasteiger partial charge in [-0.25, -0.2) is 0 Å². The third kappa shape index (κ3) is 3.69. The fourth-order valence-corrected chi connectivity index (χ4v) is 4.18. The molecule has 2 heteroatoms. The Bertz CT molecular complexity index is 712. The van der Waals surface area contributed by atoms with E-state index < -0.39 is 0 Å². The van der Waals surface area contributed by atoms with Gasteiger partial charge in [-0.05, 0) is 55.5 Å². The van der Waals surface area contributed by atoms with Gasteiger partial charge in [0, 0.05) is 6.54 Å². The maximum Gasteiger partial charge on any atom is 0.140 e. The van der Waals surface area contributed by atoms with Crippen LogP contribution in [0.2, 0.25) is 0 Å². The summed E-state index contributed by atoms with van der Waals surface area (Å²) in [6, 6.07) is 19.2. The number of rotatable bonds is 5. The molecule has 1 fully saturated rings. The van der Waals surface area contributed by atoms with Gasteiger partial charge in [0.1, 0.15) is 5.78 Å². The second kappa shape index (κ2) is 7.53. The largest absolute Gasteiger partial charge is 0.299 e. The summed E-state index contributed by atoms with van der Waals surface area (Å²) in [7, 11) is 0. The third-order valence-electron chi connectivity index (χ3n) is 5.73. The second-order valence-corrected chi connectivity index (χ2v) is 7.64. The molecule has 1 heterocycles. The first-order valence-corrected chi connectivity index (χ1v) is 9.39. The van der Waals surface area contributed by atoms with E-state index in [1.807, 2.05) is 0 Å². The first-order valence-electron chi connectivity index (χ1n) is 9.39. The molecule has 3 rings (SSSR count). The van der Waals surface area contributed by atoms with E-state index >= 15 is 0 Å². The van der Waals surface area contributed by atoms with Crippen LogP contribution in [0, 0.1) is 0 Å². The molecule has 1 aliphatic rings. The van der Waals surface area contributed by atoms with Crippen molar-refractivity contribution in [3.05, 3.63) is 71.3 Å². The number of carbonyl (C=O) groups excluding carboxylic acids is 1. The monoisotopic (exact) mass is 335 g/mol. The Kier molecular flexibility index (Phi) is 5.39. The number of ketones is 1. The van der Waals surface area contributed by atoms with E-state index in [1.54, 1.807) is 6.92 Å². The number of likely N-dealkylation sites (tertiary alicyclic amines) is 1. The van der Waals surface area contributed by atoms with E-state index in [1.165, 1.54) is 16.7 Å². The number of hydrogen-bond donors (Lipinski definition) is 0. The predicted octanol–water partition coefficient (Wildman–Crippen LogP) is 4.93. The minimum Gasteiger partial charge on any atom is -0.299 e. The van der Waals surface area contributed by atoms with Crippen LogP contribution in [0.5, 0.6) is 0 Å². The van der Waals surface area contributed by atoms with Crippen LogP contribution in [0.25, 0.3) is 0 Å². The summed E-state index contributed by atoms with van der Waals surface area (Å²) >= 11 is 0. The van der Waals surface area contributed by atoms with Crippen LogP contribution in [0.15, 0.2) is 54.6 Å². The number of carbonyl (C=O) groups is 1. The number of piperidine rings is 1. The van der Waals surface area contributed by atoms with Crippen LogP contribution in [0.4, 0.5) is 0 Å². The molecular formula is C23H29NO. The van der Waals surface area contributed by atoms with Gasteiger partial charge in [-0.1, -0.05) is 68.4 Å². The standard InChI is InChI=1S/C23H29NO/c1-18(2)21-11-7-8-12-22(21)23(19(3)25)13-15-24(16-14-23)17-20-9-5-4-6-10-20/h4-12,18H,13-17H2,1-3H3. The summed E-state index contributed by atoms with van der Waals surface area (Å²) in [6.07, 6.45) is 1.83. The minimum absolute atomic E-state index is 0.311. The van der Waals surface area contributed by atoms with E-state index in [9.17, 15) is 4.79 Å². The predicted molar refractivity (Wildman–Crippen MR) is 104 cm³/mol. The molecule has 2 nitrogen and oxygen atoms in total. The first kappa shape index (κ1) is 17.9. The van der Waals surface area contributed by atoms with Gasteiger partial charge in [-0.3, -0.25) is 9.69 Å². The van der Waals surface area contributed by atoms with E-state index in [0.29, 0.717) is 11.7 Å². The summed E-state index contributed by atoms with van der Waals surface area (Å²) in [5.41, 5.74) is 3.63. The Balaban J connectivity index is 1.82. The van der Waals surface area contributed by atoms with Crippen LogP contribution in [-0.2, 0) is 16.8 Å². The lowest BCUT2D eigenvalue weighted by atomic mass is 9.67. The van der Waals surface area contributed by atoms with Gasteiger partial charge >= 0.3 is 0 Å². The molecule has 2 aromatic carbocycles. The van der Waals surface area contributed by atoms with Crippen molar-refractivity contribution < 1.29 is 4.79 Å². The van der Waals surface area contributed by atoms with Crippen molar-refractivity contribution in [2.45, 2.75) is 51.5 Å².